The maximum Gasteiger partial charge on any atom is 0.573 e. The summed E-state index contributed by atoms with van der Waals surface area (Å²) in [7, 11) is 1.56. The number of ether oxygens (including phenoxy) is 2. The molecule has 0 fully saturated rings. The summed E-state index contributed by atoms with van der Waals surface area (Å²) in [6.45, 7) is 0.323. The predicted octanol–water partition coefficient (Wildman–Crippen LogP) is 3.35. The van der Waals surface area contributed by atoms with Gasteiger partial charge in [0.1, 0.15) is 11.5 Å². The van der Waals surface area contributed by atoms with E-state index in [2.05, 4.69) is 15.0 Å². The summed E-state index contributed by atoms with van der Waals surface area (Å²) in [5, 5.41) is 12.9. The second-order valence-corrected chi connectivity index (χ2v) is 5.56. The number of nitrogens with one attached hydrogen (secondary N) is 1. The Morgan fingerprint density at radius 3 is 2.21 bits per heavy atom. The monoisotopic (exact) mass is 511 g/mol. The molecule has 0 amide bonds. The Morgan fingerprint density at radius 1 is 1.11 bits per heavy atom. The van der Waals surface area contributed by atoms with Gasteiger partial charge in [0.25, 0.3) is 0 Å². The van der Waals surface area contributed by atoms with Crippen molar-refractivity contribution >= 4 is 29.9 Å². The summed E-state index contributed by atoms with van der Waals surface area (Å²) in [5.41, 5.74) is 7.09. The zero-order valence-corrected chi connectivity index (χ0v) is 17.3. The molecule has 0 aliphatic heterocycles. The minimum Gasteiger partial charge on any atom is -0.497 e. The predicted molar refractivity (Wildman–Crippen MR) is 110 cm³/mol. The van der Waals surface area contributed by atoms with Crippen molar-refractivity contribution in [2.45, 2.75) is 19.0 Å². The maximum atomic E-state index is 12.1. The van der Waals surface area contributed by atoms with Gasteiger partial charge < -0.3 is 25.6 Å². The number of nitrogens with zero attached hydrogens (tertiary/aromatic N) is 1. The molecule has 28 heavy (non-hydrogen) atoms. The minimum atomic E-state index is -4.72. The number of benzene rings is 2. The van der Waals surface area contributed by atoms with Crippen molar-refractivity contribution in [2.24, 2.45) is 10.7 Å². The van der Waals surface area contributed by atoms with E-state index in [0.717, 1.165) is 0 Å². The van der Waals surface area contributed by atoms with Crippen LogP contribution in [0.2, 0.25) is 0 Å². The Bertz CT molecular complexity index is 753. The maximum absolute atomic E-state index is 12.1. The Balaban J connectivity index is 0.00000392. The van der Waals surface area contributed by atoms with E-state index < -0.39 is 12.5 Å². The molecule has 4 N–H and O–H groups in total. The molecule has 10 heteroatoms. The normalized spacial score (nSPS) is 12.7. The molecule has 0 aliphatic carbocycles. The number of aliphatic hydroxyl groups excluding tert-OH is 1. The van der Waals surface area contributed by atoms with Gasteiger partial charge in [-0.05, 0) is 35.4 Å². The zero-order chi connectivity index (χ0) is 19.9. The fourth-order valence-corrected chi connectivity index (χ4v) is 2.17. The summed E-state index contributed by atoms with van der Waals surface area (Å²) < 4.78 is 45.2. The van der Waals surface area contributed by atoms with Crippen LogP contribution in [0.4, 0.5) is 13.2 Å². The molecular formula is C18H21F3IN3O3. The molecule has 0 saturated heterocycles. The smallest absolute Gasteiger partial charge is 0.497 e. The lowest BCUT2D eigenvalue weighted by atomic mass is 10.1. The number of rotatable bonds is 7. The Morgan fingerprint density at radius 2 is 1.68 bits per heavy atom. The lowest BCUT2D eigenvalue weighted by molar-refractivity contribution is -0.274. The molecule has 0 bridgehead atoms. The van der Waals surface area contributed by atoms with Crippen molar-refractivity contribution in [3.63, 3.8) is 0 Å². The highest BCUT2D eigenvalue weighted by Gasteiger charge is 2.30. The molecular weight excluding hydrogens is 490 g/mol. The second-order valence-electron chi connectivity index (χ2n) is 5.56. The van der Waals surface area contributed by atoms with Gasteiger partial charge in [0.05, 0.1) is 19.8 Å². The SMILES string of the molecule is COc1ccc(C(O)CNC(N)=NCc2ccc(OC(F)(F)F)cc2)cc1.I. The lowest BCUT2D eigenvalue weighted by Crippen LogP contribution is -2.34. The van der Waals surface area contributed by atoms with Crippen LogP contribution in [0.25, 0.3) is 0 Å². The zero-order valence-electron chi connectivity index (χ0n) is 14.9. The molecule has 1 unspecified atom stereocenters. The Hall–Kier alpha value is -2.21. The fraction of sp³-hybridized carbons (Fsp3) is 0.278. The summed E-state index contributed by atoms with van der Waals surface area (Å²) in [5.74, 6) is 0.494. The second kappa shape index (κ2) is 11.0. The highest BCUT2D eigenvalue weighted by molar-refractivity contribution is 14.0. The minimum absolute atomic E-state index is 0. The third kappa shape index (κ3) is 8.21. The first-order valence-electron chi connectivity index (χ1n) is 7.97. The van der Waals surface area contributed by atoms with Gasteiger partial charge in [-0.1, -0.05) is 24.3 Å². The lowest BCUT2D eigenvalue weighted by Gasteiger charge is -2.13. The van der Waals surface area contributed by atoms with Gasteiger partial charge in [0.2, 0.25) is 0 Å². The third-order valence-corrected chi connectivity index (χ3v) is 3.57. The number of methoxy groups -OCH3 is 1. The molecule has 0 saturated carbocycles. The van der Waals surface area contributed by atoms with E-state index in [1.54, 1.807) is 31.4 Å². The first kappa shape index (κ1) is 23.8. The number of hydrogen-bond donors (Lipinski definition) is 3. The van der Waals surface area contributed by atoms with Crippen LogP contribution in [0.15, 0.2) is 53.5 Å². The van der Waals surface area contributed by atoms with E-state index in [0.29, 0.717) is 16.9 Å². The molecule has 1 atom stereocenters. The Kier molecular flexibility index (Phi) is 9.32. The molecule has 154 valence electrons. The Labute approximate surface area is 177 Å². The average molecular weight is 511 g/mol. The molecule has 2 aromatic rings. The van der Waals surface area contributed by atoms with E-state index in [1.807, 2.05) is 0 Å². The van der Waals surface area contributed by atoms with E-state index in [4.69, 9.17) is 10.5 Å². The van der Waals surface area contributed by atoms with Gasteiger partial charge in [0, 0.05) is 6.54 Å². The molecule has 0 aliphatic rings. The third-order valence-electron chi connectivity index (χ3n) is 3.57. The van der Waals surface area contributed by atoms with Crippen molar-refractivity contribution in [1.29, 1.82) is 0 Å². The first-order valence-corrected chi connectivity index (χ1v) is 7.97. The van der Waals surface area contributed by atoms with Crippen LogP contribution in [-0.2, 0) is 6.54 Å². The van der Waals surface area contributed by atoms with Crippen LogP contribution in [0.5, 0.6) is 11.5 Å². The van der Waals surface area contributed by atoms with E-state index in [-0.39, 0.29) is 48.8 Å². The van der Waals surface area contributed by atoms with Crippen LogP contribution in [0, 0.1) is 0 Å². The largest absolute Gasteiger partial charge is 0.573 e. The highest BCUT2D eigenvalue weighted by Crippen LogP contribution is 2.23. The molecule has 2 aromatic carbocycles. The average Bonchev–Trinajstić information content (AvgIpc) is 2.64. The first-order chi connectivity index (χ1) is 12.8. The van der Waals surface area contributed by atoms with Crippen LogP contribution in [-0.4, -0.2) is 31.1 Å². The highest BCUT2D eigenvalue weighted by atomic mass is 127. The number of hydrogen-bond acceptors (Lipinski definition) is 4. The van der Waals surface area contributed by atoms with Gasteiger partial charge >= 0.3 is 6.36 Å². The molecule has 0 spiro atoms. The quantitative estimate of drug-likeness (QED) is 0.302. The molecule has 0 heterocycles. The van der Waals surface area contributed by atoms with Crippen molar-refractivity contribution in [1.82, 2.24) is 5.32 Å². The summed E-state index contributed by atoms with van der Waals surface area (Å²) in [6, 6.07) is 12.3. The topological polar surface area (TPSA) is 89.1 Å². The van der Waals surface area contributed by atoms with Gasteiger partial charge in [-0.3, -0.25) is 0 Å². The fourth-order valence-electron chi connectivity index (χ4n) is 2.17. The van der Waals surface area contributed by atoms with Crippen molar-refractivity contribution in [3.05, 3.63) is 59.7 Å². The molecule has 6 nitrogen and oxygen atoms in total. The van der Waals surface area contributed by atoms with Crippen LogP contribution < -0.4 is 20.5 Å². The summed E-state index contributed by atoms with van der Waals surface area (Å²) in [6.07, 6.45) is -5.51. The molecule has 0 aromatic heterocycles. The number of aliphatic hydroxyl groups is 1. The van der Waals surface area contributed by atoms with Crippen LogP contribution >= 0.6 is 24.0 Å². The summed E-state index contributed by atoms with van der Waals surface area (Å²) >= 11 is 0. The number of alkyl halides is 3. The van der Waals surface area contributed by atoms with Gasteiger partial charge in [-0.25, -0.2) is 4.99 Å². The van der Waals surface area contributed by atoms with Gasteiger partial charge in [0.15, 0.2) is 5.96 Å². The number of guanidine groups is 1. The number of nitrogens with two attached hydrogens (primary N) is 1. The van der Waals surface area contributed by atoms with E-state index >= 15 is 0 Å². The van der Waals surface area contributed by atoms with Crippen LogP contribution in [0.3, 0.4) is 0 Å². The van der Waals surface area contributed by atoms with E-state index in [9.17, 15) is 18.3 Å². The van der Waals surface area contributed by atoms with Crippen LogP contribution in [0.1, 0.15) is 17.2 Å². The van der Waals surface area contributed by atoms with Gasteiger partial charge in [-0.15, -0.1) is 37.1 Å². The van der Waals surface area contributed by atoms with Crippen molar-refractivity contribution in [2.75, 3.05) is 13.7 Å². The molecule has 0 radical (unpaired) electrons. The molecule has 2 rings (SSSR count). The number of aliphatic imine (C=N–C) groups is 1. The number of halogens is 4. The van der Waals surface area contributed by atoms with Crippen molar-refractivity contribution in [3.8, 4) is 11.5 Å². The summed E-state index contributed by atoms with van der Waals surface area (Å²) in [4.78, 5) is 4.08. The van der Waals surface area contributed by atoms with Crippen molar-refractivity contribution < 1.29 is 27.8 Å². The van der Waals surface area contributed by atoms with E-state index in [1.165, 1.54) is 24.3 Å². The standard InChI is InChI=1S/C18H20F3N3O3.HI/c1-26-14-8-4-13(5-9-14)16(25)11-24-17(22)23-10-12-2-6-15(7-3-12)27-18(19,20)21;/h2-9,16,25H,10-11H2,1H3,(H3,22,23,24);1H. The van der Waals surface area contributed by atoms with Gasteiger partial charge in [-0.2, -0.15) is 0 Å².